The second kappa shape index (κ2) is 6.12. The van der Waals surface area contributed by atoms with Crippen LogP contribution in [0.25, 0.3) is 17.2 Å². The summed E-state index contributed by atoms with van der Waals surface area (Å²) >= 11 is 0. The lowest BCUT2D eigenvalue weighted by Crippen LogP contribution is -2.27. The van der Waals surface area contributed by atoms with Gasteiger partial charge in [0.15, 0.2) is 5.82 Å². The van der Waals surface area contributed by atoms with Crippen LogP contribution < -0.4 is 0 Å². The van der Waals surface area contributed by atoms with Gasteiger partial charge in [0, 0.05) is 43.9 Å². The number of hydrogen-bond acceptors (Lipinski definition) is 3. The summed E-state index contributed by atoms with van der Waals surface area (Å²) in [6, 6.07) is 12.6. The zero-order chi connectivity index (χ0) is 17.5. The Labute approximate surface area is 152 Å². The van der Waals surface area contributed by atoms with Crippen LogP contribution in [0.3, 0.4) is 0 Å². The number of carbonyl (C=O) groups is 1. The second-order valence-electron chi connectivity index (χ2n) is 7.21. The number of imidazole rings is 1. The summed E-state index contributed by atoms with van der Waals surface area (Å²) in [6.45, 7) is 1.68. The Morgan fingerprint density at radius 3 is 2.73 bits per heavy atom. The zero-order valence-corrected chi connectivity index (χ0v) is 14.5. The standard InChI is InChI=1S/C20H21N5O/c26-19-12-15(14-24(19)16-6-7-16)13-23-11-10-21-20(23)18-8-9-22-25(18)17-4-2-1-3-5-17/h1-5,8-11,15-16H,6-7,12-14H2. The highest BCUT2D eigenvalue weighted by molar-refractivity contribution is 5.79. The molecule has 6 nitrogen and oxygen atoms in total. The van der Waals surface area contributed by atoms with Crippen molar-refractivity contribution in [2.75, 3.05) is 6.54 Å². The van der Waals surface area contributed by atoms with E-state index < -0.39 is 0 Å². The third-order valence-corrected chi connectivity index (χ3v) is 5.27. The highest BCUT2D eigenvalue weighted by Crippen LogP contribution is 2.33. The number of likely N-dealkylation sites (tertiary alicyclic amines) is 1. The van der Waals surface area contributed by atoms with Crippen molar-refractivity contribution in [1.29, 1.82) is 0 Å². The maximum absolute atomic E-state index is 12.2. The third-order valence-electron chi connectivity index (χ3n) is 5.27. The number of rotatable bonds is 5. The van der Waals surface area contributed by atoms with E-state index >= 15 is 0 Å². The van der Waals surface area contributed by atoms with Gasteiger partial charge in [-0.15, -0.1) is 0 Å². The number of hydrogen-bond donors (Lipinski definition) is 0. The number of para-hydroxylation sites is 1. The molecule has 3 aromatic rings. The van der Waals surface area contributed by atoms with Crippen LogP contribution in [-0.2, 0) is 11.3 Å². The van der Waals surface area contributed by atoms with Gasteiger partial charge in [-0.3, -0.25) is 4.79 Å². The summed E-state index contributed by atoms with van der Waals surface area (Å²) in [7, 11) is 0. The molecule has 1 unspecified atom stereocenters. The normalized spacial score (nSPS) is 20.1. The highest BCUT2D eigenvalue weighted by atomic mass is 16.2. The average Bonchev–Trinajstić information content (AvgIpc) is 3.05. The molecule has 1 aliphatic carbocycles. The number of carbonyl (C=O) groups excluding carboxylic acids is 1. The number of aromatic nitrogens is 4. The van der Waals surface area contributed by atoms with Gasteiger partial charge < -0.3 is 9.47 Å². The van der Waals surface area contributed by atoms with Gasteiger partial charge in [0.1, 0.15) is 5.69 Å². The molecule has 1 saturated carbocycles. The van der Waals surface area contributed by atoms with E-state index in [-0.39, 0.29) is 0 Å². The molecule has 1 saturated heterocycles. The van der Waals surface area contributed by atoms with E-state index in [4.69, 9.17) is 0 Å². The molecule has 5 rings (SSSR count). The maximum atomic E-state index is 12.2. The van der Waals surface area contributed by atoms with Crippen LogP contribution in [0.15, 0.2) is 55.0 Å². The Bertz CT molecular complexity index is 925. The van der Waals surface area contributed by atoms with Crippen LogP contribution in [-0.4, -0.2) is 42.7 Å². The summed E-state index contributed by atoms with van der Waals surface area (Å²) < 4.78 is 4.07. The average molecular weight is 347 g/mol. The van der Waals surface area contributed by atoms with Crippen molar-refractivity contribution >= 4 is 5.91 Å². The zero-order valence-electron chi connectivity index (χ0n) is 14.5. The summed E-state index contributed by atoms with van der Waals surface area (Å²) in [6.07, 6.45) is 8.62. The lowest BCUT2D eigenvalue weighted by Gasteiger charge is -2.16. The molecule has 2 aliphatic rings. The van der Waals surface area contributed by atoms with Gasteiger partial charge in [0.05, 0.1) is 11.9 Å². The van der Waals surface area contributed by atoms with E-state index in [1.165, 1.54) is 12.8 Å². The van der Waals surface area contributed by atoms with Crippen molar-refractivity contribution in [1.82, 2.24) is 24.2 Å². The predicted octanol–water partition coefficient (Wildman–Crippen LogP) is 2.75. The molecular formula is C20H21N5O. The molecule has 0 bridgehead atoms. The van der Waals surface area contributed by atoms with Gasteiger partial charge in [0.2, 0.25) is 5.91 Å². The van der Waals surface area contributed by atoms with Gasteiger partial charge >= 0.3 is 0 Å². The Morgan fingerprint density at radius 1 is 1.08 bits per heavy atom. The molecule has 6 heteroatoms. The first-order valence-electron chi connectivity index (χ1n) is 9.20. The topological polar surface area (TPSA) is 56.0 Å². The van der Waals surface area contributed by atoms with Gasteiger partial charge in [-0.25, -0.2) is 9.67 Å². The Hall–Kier alpha value is -2.89. The van der Waals surface area contributed by atoms with E-state index in [2.05, 4.69) is 19.5 Å². The highest BCUT2D eigenvalue weighted by Gasteiger charge is 2.39. The largest absolute Gasteiger partial charge is 0.339 e. The molecule has 0 N–H and O–H groups in total. The Kier molecular flexibility index (Phi) is 3.62. The number of benzene rings is 1. The van der Waals surface area contributed by atoms with Crippen molar-refractivity contribution in [2.24, 2.45) is 5.92 Å². The molecule has 0 spiro atoms. The van der Waals surface area contributed by atoms with Crippen LogP contribution in [0.1, 0.15) is 19.3 Å². The van der Waals surface area contributed by atoms with Gasteiger partial charge in [-0.2, -0.15) is 5.10 Å². The number of amides is 1. The third kappa shape index (κ3) is 2.71. The van der Waals surface area contributed by atoms with Crippen molar-refractivity contribution in [3.8, 4) is 17.2 Å². The van der Waals surface area contributed by atoms with Crippen molar-refractivity contribution < 1.29 is 4.79 Å². The van der Waals surface area contributed by atoms with E-state index in [0.717, 1.165) is 30.3 Å². The van der Waals surface area contributed by atoms with Crippen LogP contribution >= 0.6 is 0 Å². The fourth-order valence-electron chi connectivity index (χ4n) is 3.89. The fourth-order valence-corrected chi connectivity index (χ4v) is 3.89. The molecule has 0 radical (unpaired) electrons. The van der Waals surface area contributed by atoms with Crippen LogP contribution in [0, 0.1) is 5.92 Å². The molecule has 3 heterocycles. The van der Waals surface area contributed by atoms with E-state index in [9.17, 15) is 4.79 Å². The van der Waals surface area contributed by atoms with E-state index in [0.29, 0.717) is 24.3 Å². The number of nitrogens with zero attached hydrogens (tertiary/aromatic N) is 5. The Balaban J connectivity index is 1.41. The van der Waals surface area contributed by atoms with Gasteiger partial charge in [-0.1, -0.05) is 18.2 Å². The lowest BCUT2D eigenvalue weighted by molar-refractivity contribution is -0.128. The molecule has 1 aromatic carbocycles. The van der Waals surface area contributed by atoms with Gasteiger partial charge in [-0.05, 0) is 31.0 Å². The fraction of sp³-hybridized carbons (Fsp3) is 0.350. The summed E-state index contributed by atoms with van der Waals surface area (Å²) in [5.41, 5.74) is 1.97. The monoisotopic (exact) mass is 347 g/mol. The van der Waals surface area contributed by atoms with Crippen LogP contribution in [0.4, 0.5) is 0 Å². The van der Waals surface area contributed by atoms with Crippen molar-refractivity contribution in [3.63, 3.8) is 0 Å². The second-order valence-corrected chi connectivity index (χ2v) is 7.21. The molecule has 1 aliphatic heterocycles. The lowest BCUT2D eigenvalue weighted by atomic mass is 10.1. The maximum Gasteiger partial charge on any atom is 0.223 e. The summed E-state index contributed by atoms with van der Waals surface area (Å²) in [4.78, 5) is 18.9. The molecule has 1 amide bonds. The quantitative estimate of drug-likeness (QED) is 0.713. The molecular weight excluding hydrogens is 326 g/mol. The molecule has 26 heavy (non-hydrogen) atoms. The first-order valence-corrected chi connectivity index (χ1v) is 9.20. The Morgan fingerprint density at radius 2 is 1.92 bits per heavy atom. The molecule has 1 atom stereocenters. The SMILES string of the molecule is O=C1CC(Cn2ccnc2-c2ccnn2-c2ccccc2)CN1C1CC1. The summed E-state index contributed by atoms with van der Waals surface area (Å²) in [5, 5.41) is 4.47. The van der Waals surface area contributed by atoms with Crippen LogP contribution in [0.2, 0.25) is 0 Å². The smallest absolute Gasteiger partial charge is 0.223 e. The summed E-state index contributed by atoms with van der Waals surface area (Å²) in [5.74, 6) is 1.56. The molecule has 2 fully saturated rings. The van der Waals surface area contributed by atoms with Crippen LogP contribution in [0.5, 0.6) is 0 Å². The minimum Gasteiger partial charge on any atom is -0.339 e. The minimum absolute atomic E-state index is 0.313. The predicted molar refractivity (Wildman–Crippen MR) is 97.6 cm³/mol. The van der Waals surface area contributed by atoms with Crippen molar-refractivity contribution in [2.45, 2.75) is 31.8 Å². The van der Waals surface area contributed by atoms with Crippen molar-refractivity contribution in [3.05, 3.63) is 55.0 Å². The minimum atomic E-state index is 0.313. The first-order chi connectivity index (χ1) is 12.8. The molecule has 2 aromatic heterocycles. The van der Waals surface area contributed by atoms with Gasteiger partial charge in [0.25, 0.3) is 0 Å². The molecule has 132 valence electrons. The van der Waals surface area contributed by atoms with E-state index in [1.54, 1.807) is 6.20 Å². The van der Waals surface area contributed by atoms with E-state index in [1.807, 2.05) is 53.5 Å². The first kappa shape index (κ1) is 15.4.